The maximum atomic E-state index is 12.5. The molecule has 0 aromatic rings. The van der Waals surface area contributed by atoms with Gasteiger partial charge in [-0.25, -0.2) is 4.79 Å². The van der Waals surface area contributed by atoms with Gasteiger partial charge in [0.1, 0.15) is 0 Å². The first kappa shape index (κ1) is 19.9. The molecule has 24 heavy (non-hydrogen) atoms. The zero-order valence-electron chi connectivity index (χ0n) is 14.6. The third-order valence-electron chi connectivity index (χ3n) is 3.62. The molecule has 0 N–H and O–H groups in total. The lowest BCUT2D eigenvalue weighted by molar-refractivity contribution is -0.171. The fourth-order valence-corrected chi connectivity index (χ4v) is 2.18. The van der Waals surface area contributed by atoms with Crippen LogP contribution in [0.4, 0.5) is 0 Å². The first-order valence-corrected chi connectivity index (χ1v) is 8.35. The average Bonchev–Trinajstić information content (AvgIpc) is 3.35. The van der Waals surface area contributed by atoms with Crippen LogP contribution in [0.1, 0.15) is 46.5 Å². The summed E-state index contributed by atoms with van der Waals surface area (Å²) in [5.74, 6) is -1.77. The molecule has 1 rings (SSSR count). The molecule has 0 amide bonds. The van der Waals surface area contributed by atoms with Gasteiger partial charge in [0.2, 0.25) is 0 Å². The maximum Gasteiger partial charge on any atom is 0.330 e. The van der Waals surface area contributed by atoms with Crippen LogP contribution in [0.15, 0.2) is 23.8 Å². The predicted octanol–water partition coefficient (Wildman–Crippen LogP) is 2.72. The molecule has 0 saturated heterocycles. The van der Waals surface area contributed by atoms with Gasteiger partial charge in [0.05, 0.1) is 19.8 Å². The Morgan fingerprint density at radius 2 is 1.46 bits per heavy atom. The summed E-state index contributed by atoms with van der Waals surface area (Å²) in [6.07, 6.45) is 6.78. The van der Waals surface area contributed by atoms with E-state index in [0.717, 1.165) is 12.8 Å². The van der Waals surface area contributed by atoms with E-state index in [2.05, 4.69) is 0 Å². The lowest BCUT2D eigenvalue weighted by Gasteiger charge is -2.27. The van der Waals surface area contributed by atoms with Gasteiger partial charge in [-0.15, -0.1) is 0 Å². The fourth-order valence-electron chi connectivity index (χ4n) is 2.18. The van der Waals surface area contributed by atoms with Crippen molar-refractivity contribution in [3.63, 3.8) is 0 Å². The van der Waals surface area contributed by atoms with Gasteiger partial charge >= 0.3 is 17.9 Å². The van der Waals surface area contributed by atoms with Crippen LogP contribution in [0.25, 0.3) is 0 Å². The van der Waals surface area contributed by atoms with Crippen LogP contribution >= 0.6 is 0 Å². The molecule has 6 heteroatoms. The second kappa shape index (κ2) is 9.90. The summed E-state index contributed by atoms with van der Waals surface area (Å²) < 4.78 is 15.0. The van der Waals surface area contributed by atoms with Gasteiger partial charge in [0.25, 0.3) is 0 Å². The van der Waals surface area contributed by atoms with Crippen molar-refractivity contribution in [1.82, 2.24) is 0 Å². The van der Waals surface area contributed by atoms with E-state index in [1.54, 1.807) is 20.8 Å². The van der Waals surface area contributed by atoms with Crippen molar-refractivity contribution in [3.05, 3.63) is 23.8 Å². The van der Waals surface area contributed by atoms with Gasteiger partial charge in [0, 0.05) is 6.08 Å². The highest BCUT2D eigenvalue weighted by Crippen LogP contribution is 2.36. The van der Waals surface area contributed by atoms with E-state index in [1.807, 2.05) is 6.08 Å². The summed E-state index contributed by atoms with van der Waals surface area (Å²) in [5.41, 5.74) is -0.257. The molecule has 1 aliphatic rings. The number of rotatable bonds is 10. The molecule has 1 fully saturated rings. The molecular weight excluding hydrogens is 312 g/mol. The van der Waals surface area contributed by atoms with Gasteiger partial charge in [-0.1, -0.05) is 17.7 Å². The van der Waals surface area contributed by atoms with Crippen LogP contribution in [0.2, 0.25) is 0 Å². The molecule has 0 unspecified atom stereocenters. The number of carbonyl (C=O) groups is 3. The molecule has 0 spiro atoms. The third-order valence-corrected chi connectivity index (χ3v) is 3.62. The molecule has 134 valence electrons. The van der Waals surface area contributed by atoms with Crippen molar-refractivity contribution in [2.75, 3.05) is 19.8 Å². The molecule has 0 aromatic carbocycles. The molecular formula is C18H26O6. The molecule has 1 saturated carbocycles. The Labute approximate surface area is 142 Å². The Morgan fingerprint density at radius 1 is 0.917 bits per heavy atom. The topological polar surface area (TPSA) is 78.9 Å². The van der Waals surface area contributed by atoms with Crippen LogP contribution in [0.3, 0.4) is 0 Å². The van der Waals surface area contributed by atoms with E-state index >= 15 is 0 Å². The highest BCUT2D eigenvalue weighted by molar-refractivity contribution is 6.00. The van der Waals surface area contributed by atoms with Crippen molar-refractivity contribution >= 4 is 17.9 Å². The lowest BCUT2D eigenvalue weighted by atomic mass is 9.80. The smallest absolute Gasteiger partial charge is 0.330 e. The Hall–Kier alpha value is -2.11. The van der Waals surface area contributed by atoms with E-state index in [9.17, 15) is 14.4 Å². The minimum atomic E-state index is -1.47. The second-order valence-electron chi connectivity index (χ2n) is 5.45. The highest BCUT2D eigenvalue weighted by atomic mass is 16.6. The van der Waals surface area contributed by atoms with Gasteiger partial charge in [0.15, 0.2) is 5.41 Å². The van der Waals surface area contributed by atoms with Crippen LogP contribution < -0.4 is 0 Å². The molecule has 0 aliphatic heterocycles. The summed E-state index contributed by atoms with van der Waals surface area (Å²) >= 11 is 0. The molecule has 6 nitrogen and oxygen atoms in total. The average molecular weight is 338 g/mol. The van der Waals surface area contributed by atoms with E-state index in [-0.39, 0.29) is 32.7 Å². The highest BCUT2D eigenvalue weighted by Gasteiger charge is 2.47. The number of hydrogen-bond donors (Lipinski definition) is 0. The number of hydrogen-bond acceptors (Lipinski definition) is 6. The van der Waals surface area contributed by atoms with Crippen molar-refractivity contribution in [2.24, 2.45) is 5.41 Å². The van der Waals surface area contributed by atoms with Crippen LogP contribution in [-0.4, -0.2) is 37.7 Å². The number of ether oxygens (including phenoxy) is 3. The van der Waals surface area contributed by atoms with E-state index < -0.39 is 23.3 Å². The van der Waals surface area contributed by atoms with E-state index in [0.29, 0.717) is 0 Å². The summed E-state index contributed by atoms with van der Waals surface area (Å²) in [7, 11) is 0. The van der Waals surface area contributed by atoms with Crippen LogP contribution in [0, 0.1) is 5.41 Å². The first-order valence-electron chi connectivity index (χ1n) is 8.35. The molecule has 1 aliphatic carbocycles. The SMILES string of the molecule is CCOC(=O)/C=C\CC(CC=C1CC1)(C(=O)OCC)C(=O)OCC. The summed E-state index contributed by atoms with van der Waals surface area (Å²) in [4.78, 5) is 36.5. The normalized spacial score (nSPS) is 13.5. The first-order chi connectivity index (χ1) is 11.5. The van der Waals surface area contributed by atoms with Crippen molar-refractivity contribution in [1.29, 1.82) is 0 Å². The van der Waals surface area contributed by atoms with Gasteiger partial charge < -0.3 is 14.2 Å². The summed E-state index contributed by atoms with van der Waals surface area (Å²) in [6.45, 7) is 5.66. The molecule has 0 atom stereocenters. The lowest BCUT2D eigenvalue weighted by Crippen LogP contribution is -2.41. The quantitative estimate of drug-likeness (QED) is 0.200. The van der Waals surface area contributed by atoms with Crippen LogP contribution in [-0.2, 0) is 28.6 Å². The van der Waals surface area contributed by atoms with Gasteiger partial charge in [-0.2, -0.15) is 0 Å². The third kappa shape index (κ3) is 5.83. The van der Waals surface area contributed by atoms with Crippen molar-refractivity contribution < 1.29 is 28.6 Å². The Kier molecular flexibility index (Phi) is 8.22. The largest absolute Gasteiger partial charge is 0.465 e. The zero-order valence-corrected chi connectivity index (χ0v) is 14.6. The Balaban J connectivity index is 3.02. The van der Waals surface area contributed by atoms with Crippen molar-refractivity contribution in [2.45, 2.75) is 46.5 Å². The molecule has 0 heterocycles. The Morgan fingerprint density at radius 3 is 1.92 bits per heavy atom. The van der Waals surface area contributed by atoms with E-state index in [4.69, 9.17) is 14.2 Å². The number of carbonyl (C=O) groups excluding carboxylic acids is 3. The standard InChI is InChI=1S/C18H26O6/c1-4-22-15(19)8-7-12-18(16(20)23-5-2,17(21)24-6-3)13-11-14-9-10-14/h7-8,11H,4-6,9-10,12-13H2,1-3H3/b8-7-. The van der Waals surface area contributed by atoms with E-state index in [1.165, 1.54) is 17.7 Å². The van der Waals surface area contributed by atoms with Crippen LogP contribution in [0.5, 0.6) is 0 Å². The minimum absolute atomic E-state index is 0.0211. The number of allylic oxidation sites excluding steroid dienone is 3. The molecule has 0 aromatic heterocycles. The molecule has 0 bridgehead atoms. The fraction of sp³-hybridized carbons (Fsp3) is 0.611. The minimum Gasteiger partial charge on any atom is -0.465 e. The summed E-state index contributed by atoms with van der Waals surface area (Å²) in [6, 6.07) is 0. The second-order valence-corrected chi connectivity index (χ2v) is 5.45. The monoisotopic (exact) mass is 338 g/mol. The van der Waals surface area contributed by atoms with Gasteiger partial charge in [-0.05, 0) is 46.5 Å². The number of esters is 3. The predicted molar refractivity (Wildman–Crippen MR) is 88.0 cm³/mol. The summed E-state index contributed by atoms with van der Waals surface area (Å²) in [5, 5.41) is 0. The Bertz CT molecular complexity index is 494. The zero-order chi connectivity index (χ0) is 18.0. The molecule has 0 radical (unpaired) electrons. The maximum absolute atomic E-state index is 12.5. The van der Waals surface area contributed by atoms with Crippen molar-refractivity contribution in [3.8, 4) is 0 Å². The van der Waals surface area contributed by atoms with Gasteiger partial charge in [-0.3, -0.25) is 9.59 Å².